The first kappa shape index (κ1) is 53.7. The SMILES string of the molecule is CC(C)(C)OC(=O)n1cnc2cc(CBr)ccc21.CS(=N)(=O)c1ccc(F)cc1.CS(=O)(=NCc1ccc2nc[nH]c2c1)c1ccc(F)cc1.CS(=O)(=NCc1ccc2nc[nH]c2c1)c1ccc(F)cc1. The first-order valence-corrected chi connectivity index (χ1v) is 28.4. The third-order valence-corrected chi connectivity index (χ3v) is 15.4. The van der Waals surface area contributed by atoms with Crippen molar-refractivity contribution in [2.24, 2.45) is 8.73 Å². The highest BCUT2D eigenvalue weighted by Crippen LogP contribution is 2.21. The van der Waals surface area contributed by atoms with Crippen LogP contribution in [0.3, 0.4) is 0 Å². The molecule has 71 heavy (non-hydrogen) atoms. The van der Waals surface area contributed by atoms with Crippen molar-refractivity contribution in [2.75, 3.05) is 18.8 Å². The monoisotopic (exact) mass is 1090 g/mol. The molecule has 9 rings (SSSR count). The molecule has 14 nitrogen and oxygen atoms in total. The number of nitrogens with one attached hydrogen (secondary N) is 3. The van der Waals surface area contributed by atoms with Gasteiger partial charge in [-0.05, 0) is 147 Å². The Balaban J connectivity index is 0.000000159. The van der Waals surface area contributed by atoms with Gasteiger partial charge in [-0.2, -0.15) is 0 Å². The molecule has 3 unspecified atom stereocenters. The molecule has 0 aliphatic carbocycles. The van der Waals surface area contributed by atoms with Crippen LogP contribution in [0.25, 0.3) is 33.1 Å². The smallest absolute Gasteiger partial charge is 0.420 e. The van der Waals surface area contributed by atoms with E-state index in [1.807, 2.05) is 75.4 Å². The highest BCUT2D eigenvalue weighted by Gasteiger charge is 2.19. The van der Waals surface area contributed by atoms with Crippen LogP contribution in [0.4, 0.5) is 18.0 Å². The largest absolute Gasteiger partial charge is 0.443 e. The van der Waals surface area contributed by atoms with E-state index >= 15 is 0 Å². The Labute approximate surface area is 419 Å². The second-order valence-electron chi connectivity index (χ2n) is 16.9. The summed E-state index contributed by atoms with van der Waals surface area (Å²) in [5, 5.41) is 0.766. The number of hydrogen-bond donors (Lipinski definition) is 3. The lowest BCUT2D eigenvalue weighted by atomic mass is 10.2. The van der Waals surface area contributed by atoms with E-state index < -0.39 is 40.9 Å². The van der Waals surface area contributed by atoms with Crippen LogP contribution in [-0.4, -0.2) is 72.6 Å². The molecule has 0 saturated carbocycles. The number of fused-ring (bicyclic) bond motifs is 3. The van der Waals surface area contributed by atoms with Gasteiger partial charge in [0.2, 0.25) is 0 Å². The lowest BCUT2D eigenvalue weighted by molar-refractivity contribution is 0.0543. The number of imidazole rings is 3. The Morgan fingerprint density at radius 2 is 1.04 bits per heavy atom. The van der Waals surface area contributed by atoms with Gasteiger partial charge in [-0.15, -0.1) is 0 Å². The Morgan fingerprint density at radius 1 is 0.620 bits per heavy atom. The lowest BCUT2D eigenvalue weighted by Crippen LogP contribution is -2.26. The molecule has 21 heteroatoms. The quantitative estimate of drug-likeness (QED) is 0.125. The van der Waals surface area contributed by atoms with Crippen molar-refractivity contribution in [1.82, 2.24) is 29.5 Å². The van der Waals surface area contributed by atoms with Gasteiger partial charge < -0.3 is 14.7 Å². The van der Waals surface area contributed by atoms with Gasteiger partial charge in [-0.1, -0.05) is 34.1 Å². The molecule has 0 bridgehead atoms. The molecule has 3 heterocycles. The minimum Gasteiger partial charge on any atom is -0.443 e. The van der Waals surface area contributed by atoms with E-state index in [0.717, 1.165) is 55.1 Å². The third kappa shape index (κ3) is 15.4. The van der Waals surface area contributed by atoms with Crippen LogP contribution in [-0.2, 0) is 52.3 Å². The Morgan fingerprint density at radius 3 is 1.45 bits per heavy atom. The minimum atomic E-state index is -2.69. The van der Waals surface area contributed by atoms with Gasteiger partial charge in [0.1, 0.15) is 29.4 Å². The van der Waals surface area contributed by atoms with Crippen LogP contribution in [0.2, 0.25) is 0 Å². The number of carbonyl (C=O) groups excluding carboxylic acids is 1. The first-order valence-electron chi connectivity index (χ1n) is 21.5. The number of rotatable bonds is 8. The number of benzene rings is 6. The number of H-pyrrole nitrogens is 2. The molecular weight excluding hydrogens is 1040 g/mol. The predicted octanol–water partition coefficient (Wildman–Crippen LogP) is 12.3. The summed E-state index contributed by atoms with van der Waals surface area (Å²) < 4.78 is 96.8. The lowest BCUT2D eigenvalue weighted by Gasteiger charge is -2.19. The summed E-state index contributed by atoms with van der Waals surface area (Å²) in [4.78, 5) is 32.0. The summed E-state index contributed by atoms with van der Waals surface area (Å²) in [6, 6.07) is 33.6. The van der Waals surface area contributed by atoms with Crippen LogP contribution < -0.4 is 0 Å². The highest BCUT2D eigenvalue weighted by molar-refractivity contribution is 9.08. The molecule has 3 atom stereocenters. The van der Waals surface area contributed by atoms with Crippen LogP contribution >= 0.6 is 15.9 Å². The van der Waals surface area contributed by atoms with Gasteiger partial charge in [0, 0.05) is 38.8 Å². The van der Waals surface area contributed by atoms with Crippen LogP contribution in [0.1, 0.15) is 37.5 Å². The van der Waals surface area contributed by atoms with E-state index in [4.69, 9.17) is 9.52 Å². The van der Waals surface area contributed by atoms with Crippen molar-refractivity contribution in [3.8, 4) is 0 Å². The molecule has 0 aliphatic heterocycles. The number of alkyl halides is 1. The first-order chi connectivity index (χ1) is 33.5. The molecular formula is C50H51BrF3N9O5S3. The summed E-state index contributed by atoms with van der Waals surface area (Å²) in [6.07, 6.45) is 8.79. The second kappa shape index (κ2) is 23.0. The molecule has 0 spiro atoms. The fourth-order valence-electron chi connectivity index (χ4n) is 6.37. The Bertz CT molecular complexity index is 3500. The van der Waals surface area contributed by atoms with E-state index in [2.05, 4.69) is 49.6 Å². The van der Waals surface area contributed by atoms with Crippen LogP contribution in [0, 0.1) is 22.2 Å². The molecule has 0 amide bonds. The zero-order valence-electron chi connectivity index (χ0n) is 39.4. The van der Waals surface area contributed by atoms with E-state index in [9.17, 15) is 30.6 Å². The second-order valence-corrected chi connectivity index (χ2v) is 24.3. The van der Waals surface area contributed by atoms with Gasteiger partial charge in [-0.25, -0.2) is 63.6 Å². The van der Waals surface area contributed by atoms with E-state index in [-0.39, 0.29) is 17.5 Å². The van der Waals surface area contributed by atoms with Crippen molar-refractivity contribution < 1.29 is 35.3 Å². The van der Waals surface area contributed by atoms with Crippen LogP contribution in [0.15, 0.2) is 170 Å². The molecule has 372 valence electrons. The summed E-state index contributed by atoms with van der Waals surface area (Å²) in [6.45, 7) is 6.19. The molecule has 0 saturated heterocycles. The molecule has 0 aliphatic rings. The molecule has 3 aromatic heterocycles. The average Bonchev–Trinajstić information content (AvgIpc) is 4.10. The van der Waals surface area contributed by atoms with Gasteiger partial charge in [0.05, 0.1) is 88.0 Å². The number of hydrogen-bond acceptors (Lipinski definition) is 11. The number of ether oxygens (including phenoxy) is 1. The summed E-state index contributed by atoms with van der Waals surface area (Å²) >= 11 is 3.39. The molecule has 6 aromatic carbocycles. The number of carbonyl (C=O) groups is 1. The van der Waals surface area contributed by atoms with Crippen molar-refractivity contribution in [2.45, 2.75) is 59.5 Å². The van der Waals surface area contributed by atoms with E-state index in [0.29, 0.717) is 27.8 Å². The molecule has 0 radical (unpaired) electrons. The zero-order chi connectivity index (χ0) is 51.6. The van der Waals surface area contributed by atoms with E-state index in [1.54, 1.807) is 25.2 Å². The zero-order valence-corrected chi connectivity index (χ0v) is 43.5. The number of aromatic nitrogens is 6. The maximum absolute atomic E-state index is 12.9. The fraction of sp³-hybridized carbons (Fsp3) is 0.200. The van der Waals surface area contributed by atoms with Crippen LogP contribution in [0.5, 0.6) is 0 Å². The van der Waals surface area contributed by atoms with Crippen molar-refractivity contribution in [1.29, 1.82) is 4.78 Å². The summed E-state index contributed by atoms with van der Waals surface area (Å²) in [5.41, 5.74) is 7.67. The Hall–Kier alpha value is -6.68. The average molecular weight is 1090 g/mol. The normalized spacial score (nSPS) is 13.7. The van der Waals surface area contributed by atoms with E-state index in [1.165, 1.54) is 89.9 Å². The predicted molar refractivity (Wildman–Crippen MR) is 277 cm³/mol. The van der Waals surface area contributed by atoms with Crippen molar-refractivity contribution >= 4 is 84.3 Å². The number of aromatic amines is 2. The van der Waals surface area contributed by atoms with Gasteiger partial charge in [0.15, 0.2) is 0 Å². The maximum atomic E-state index is 12.9. The highest BCUT2D eigenvalue weighted by atomic mass is 79.9. The van der Waals surface area contributed by atoms with Gasteiger partial charge >= 0.3 is 6.09 Å². The standard InChI is InChI=1S/2C15H14FN3OS.C13H15BrN2O2.C7H8FNOS/c2*1-21(20,13-5-3-12(16)4-6-13)19-9-11-2-7-14-15(8-11)18-10-17-14;1-13(2,3)18-12(17)16-8-15-10-6-9(7-14)4-5-11(10)16;1-11(9,10)7-4-2-6(8)3-5-7/h2*2-8,10H,9H2,1H3,(H,17,18);4-6,8H,7H2,1-3H3;2-5,9H,1H3. The van der Waals surface area contributed by atoms with Gasteiger partial charge in [-0.3, -0.25) is 0 Å². The fourth-order valence-corrected chi connectivity index (χ4v) is 9.75. The van der Waals surface area contributed by atoms with Crippen molar-refractivity contribution in [3.63, 3.8) is 0 Å². The number of halogens is 4. The van der Waals surface area contributed by atoms with Crippen molar-refractivity contribution in [3.05, 3.63) is 181 Å². The number of nitrogens with zero attached hydrogens (tertiary/aromatic N) is 6. The topological polar surface area (TPSA) is 201 Å². The third-order valence-electron chi connectivity index (χ3n) is 10.1. The molecule has 9 aromatic rings. The van der Waals surface area contributed by atoms with Gasteiger partial charge in [0.25, 0.3) is 0 Å². The summed E-state index contributed by atoms with van der Waals surface area (Å²) in [5.74, 6) is -1.07. The Kier molecular flexibility index (Phi) is 17.4. The summed E-state index contributed by atoms with van der Waals surface area (Å²) in [7, 11) is -7.75. The molecule has 0 fully saturated rings. The minimum absolute atomic E-state index is 0.335. The maximum Gasteiger partial charge on any atom is 0.420 e. The molecule has 3 N–H and O–H groups in total.